The lowest BCUT2D eigenvalue weighted by molar-refractivity contribution is 0.0285. The predicted molar refractivity (Wildman–Crippen MR) is 49.9 cm³/mol. The van der Waals surface area contributed by atoms with Crippen molar-refractivity contribution in [3.63, 3.8) is 0 Å². The maximum absolute atomic E-state index is 9.16. The van der Waals surface area contributed by atoms with Gasteiger partial charge in [-0.15, -0.1) is 0 Å². The molecule has 0 aromatic rings. The van der Waals surface area contributed by atoms with Gasteiger partial charge in [-0.1, -0.05) is 0 Å². The topological polar surface area (TPSA) is 43.4 Å². The van der Waals surface area contributed by atoms with Gasteiger partial charge in [-0.05, 0) is 26.2 Å². The van der Waals surface area contributed by atoms with Crippen molar-refractivity contribution in [3.8, 4) is 0 Å². The molecule has 1 aliphatic heterocycles. The minimum absolute atomic E-state index is 0.536. The Hall–Kier alpha value is 0.490. The van der Waals surface area contributed by atoms with Crippen LogP contribution in [-0.4, -0.2) is 21.1 Å². The van der Waals surface area contributed by atoms with Gasteiger partial charge in [0.05, 0.1) is 6.10 Å². The molecule has 3 nitrogen and oxygen atoms in total. The standard InChI is InChI=1S/C6H12O.Cl2O2S/c1-6-4-2-3-5-7-6;1-5(2,3)4/h6H,2-5H2,1H3;. The van der Waals surface area contributed by atoms with Gasteiger partial charge >= 0.3 is 8.26 Å². The smallest absolute Gasteiger partial charge is 0.317 e. The van der Waals surface area contributed by atoms with Crippen LogP contribution in [0, 0.1) is 0 Å². The summed E-state index contributed by atoms with van der Waals surface area (Å²) >= 11 is 0. The van der Waals surface area contributed by atoms with Gasteiger partial charge in [0.15, 0.2) is 0 Å². The second-order valence-corrected chi connectivity index (χ2v) is 6.22. The van der Waals surface area contributed by atoms with Crippen LogP contribution in [0.3, 0.4) is 0 Å². The van der Waals surface area contributed by atoms with E-state index < -0.39 is 8.26 Å². The highest BCUT2D eigenvalue weighted by atomic mass is 36.0. The van der Waals surface area contributed by atoms with Crippen LogP contribution in [0.2, 0.25) is 0 Å². The van der Waals surface area contributed by atoms with E-state index in [0.717, 1.165) is 6.61 Å². The Kier molecular flexibility index (Phi) is 6.27. The van der Waals surface area contributed by atoms with Gasteiger partial charge in [0.25, 0.3) is 0 Å². The van der Waals surface area contributed by atoms with E-state index in [1.165, 1.54) is 19.3 Å². The lowest BCUT2D eigenvalue weighted by Gasteiger charge is -2.17. The second kappa shape index (κ2) is 6.02. The second-order valence-electron chi connectivity index (χ2n) is 2.56. The third kappa shape index (κ3) is 13.1. The third-order valence-corrected chi connectivity index (χ3v) is 1.41. The van der Waals surface area contributed by atoms with Gasteiger partial charge in [-0.3, -0.25) is 0 Å². The van der Waals surface area contributed by atoms with Crippen LogP contribution in [0.1, 0.15) is 26.2 Å². The summed E-state index contributed by atoms with van der Waals surface area (Å²) in [5.74, 6) is 0. The lowest BCUT2D eigenvalue weighted by atomic mass is 10.1. The van der Waals surface area contributed by atoms with Crippen LogP contribution in [0.15, 0.2) is 0 Å². The molecule has 0 aliphatic carbocycles. The number of ether oxygens (including phenoxy) is 1. The Bertz CT molecular complexity index is 189. The minimum Gasteiger partial charge on any atom is -0.379 e. The van der Waals surface area contributed by atoms with Crippen LogP contribution in [0.5, 0.6) is 0 Å². The van der Waals surface area contributed by atoms with Crippen molar-refractivity contribution in [2.45, 2.75) is 32.3 Å². The SMILES string of the molecule is CC1CCCCO1.O=S(=O)(Cl)Cl. The fourth-order valence-electron chi connectivity index (χ4n) is 0.902. The van der Waals surface area contributed by atoms with Gasteiger partial charge in [0.2, 0.25) is 0 Å². The van der Waals surface area contributed by atoms with Gasteiger partial charge in [-0.2, -0.15) is 8.42 Å². The van der Waals surface area contributed by atoms with Crippen molar-refractivity contribution in [2.24, 2.45) is 0 Å². The summed E-state index contributed by atoms with van der Waals surface area (Å²) in [6.07, 6.45) is 4.43. The highest BCUT2D eigenvalue weighted by molar-refractivity contribution is 8.31. The van der Waals surface area contributed by atoms with Crippen LogP contribution in [0.25, 0.3) is 0 Å². The van der Waals surface area contributed by atoms with Crippen molar-refractivity contribution in [3.05, 3.63) is 0 Å². The molecule has 1 rings (SSSR count). The van der Waals surface area contributed by atoms with Crippen LogP contribution in [0.4, 0.5) is 0 Å². The monoisotopic (exact) mass is 234 g/mol. The predicted octanol–water partition coefficient (Wildman–Crippen LogP) is 2.28. The fourth-order valence-corrected chi connectivity index (χ4v) is 0.902. The van der Waals surface area contributed by atoms with E-state index in [0.29, 0.717) is 6.10 Å². The van der Waals surface area contributed by atoms with E-state index in [-0.39, 0.29) is 0 Å². The van der Waals surface area contributed by atoms with Gasteiger partial charge in [0, 0.05) is 28.0 Å². The molecule has 1 unspecified atom stereocenters. The molecule has 0 saturated carbocycles. The first-order chi connectivity index (χ1) is 5.39. The Morgan fingerprint density at radius 3 is 2.00 bits per heavy atom. The van der Waals surface area contributed by atoms with E-state index in [9.17, 15) is 0 Å². The number of rotatable bonds is 0. The first-order valence-corrected chi connectivity index (χ1v) is 6.79. The molecule has 0 N–H and O–H groups in total. The van der Waals surface area contributed by atoms with Crippen LogP contribution >= 0.6 is 21.4 Å². The average molecular weight is 235 g/mol. The average Bonchev–Trinajstić information content (AvgIpc) is 1.85. The quantitative estimate of drug-likeness (QED) is 0.605. The van der Waals surface area contributed by atoms with E-state index >= 15 is 0 Å². The van der Waals surface area contributed by atoms with Crippen molar-refractivity contribution >= 4 is 29.6 Å². The zero-order chi connectivity index (χ0) is 9.61. The van der Waals surface area contributed by atoms with Crippen LogP contribution < -0.4 is 0 Å². The lowest BCUT2D eigenvalue weighted by Crippen LogP contribution is -2.14. The summed E-state index contributed by atoms with van der Waals surface area (Å²) in [6, 6.07) is 0. The Morgan fingerprint density at radius 2 is 1.83 bits per heavy atom. The van der Waals surface area contributed by atoms with E-state index in [4.69, 9.17) is 13.2 Å². The molecular formula is C6H12Cl2O3S. The Morgan fingerprint density at radius 1 is 1.33 bits per heavy atom. The molecule has 1 fully saturated rings. The molecule has 0 spiro atoms. The molecule has 12 heavy (non-hydrogen) atoms. The summed E-state index contributed by atoms with van der Waals surface area (Å²) in [6.45, 7) is 3.13. The van der Waals surface area contributed by atoms with Crippen molar-refractivity contribution < 1.29 is 13.2 Å². The molecule has 6 heteroatoms. The minimum atomic E-state index is -3.72. The summed E-state index contributed by atoms with van der Waals surface area (Å²) in [4.78, 5) is 0. The summed E-state index contributed by atoms with van der Waals surface area (Å²) in [7, 11) is 4.81. The van der Waals surface area contributed by atoms with Crippen molar-refractivity contribution in [1.82, 2.24) is 0 Å². The highest BCUT2D eigenvalue weighted by Gasteiger charge is 2.05. The molecule has 0 amide bonds. The highest BCUT2D eigenvalue weighted by Crippen LogP contribution is 2.10. The molecule has 0 aromatic heterocycles. The summed E-state index contributed by atoms with van der Waals surface area (Å²) < 4.78 is 23.6. The Labute approximate surface area is 81.9 Å². The molecule has 0 radical (unpaired) electrons. The molecule has 1 atom stereocenters. The maximum Gasteiger partial charge on any atom is 0.317 e. The largest absolute Gasteiger partial charge is 0.379 e. The van der Waals surface area contributed by atoms with Gasteiger partial charge < -0.3 is 4.74 Å². The first-order valence-electron chi connectivity index (χ1n) is 3.65. The fraction of sp³-hybridized carbons (Fsp3) is 1.00. The molecule has 1 aliphatic rings. The summed E-state index contributed by atoms with van der Waals surface area (Å²) in [5, 5.41) is 0. The third-order valence-electron chi connectivity index (χ3n) is 1.41. The zero-order valence-electron chi connectivity index (χ0n) is 6.79. The van der Waals surface area contributed by atoms with E-state index in [2.05, 4.69) is 28.3 Å². The molecule has 1 saturated heterocycles. The first kappa shape index (κ1) is 12.5. The van der Waals surface area contributed by atoms with Gasteiger partial charge in [0.1, 0.15) is 0 Å². The molecule has 74 valence electrons. The Balaban J connectivity index is 0.000000217. The zero-order valence-corrected chi connectivity index (χ0v) is 9.12. The number of hydrogen-bond acceptors (Lipinski definition) is 3. The maximum atomic E-state index is 9.16. The molecule has 1 heterocycles. The summed E-state index contributed by atoms with van der Waals surface area (Å²) in [5.41, 5.74) is 0. The normalized spacial score (nSPS) is 24.1. The van der Waals surface area contributed by atoms with E-state index in [1.807, 2.05) is 0 Å². The van der Waals surface area contributed by atoms with Crippen molar-refractivity contribution in [2.75, 3.05) is 6.61 Å². The number of hydrogen-bond donors (Lipinski definition) is 0. The molecule has 0 bridgehead atoms. The van der Waals surface area contributed by atoms with Gasteiger partial charge in [-0.25, -0.2) is 0 Å². The van der Waals surface area contributed by atoms with Crippen molar-refractivity contribution in [1.29, 1.82) is 0 Å². The number of halogens is 2. The van der Waals surface area contributed by atoms with E-state index in [1.54, 1.807) is 0 Å². The molecule has 0 aromatic carbocycles. The molecular weight excluding hydrogens is 223 g/mol. The van der Waals surface area contributed by atoms with Crippen LogP contribution in [-0.2, 0) is 13.0 Å².